The first-order chi connectivity index (χ1) is 9.67. The van der Waals surface area contributed by atoms with Crippen LogP contribution in [0.1, 0.15) is 41.6 Å². The Labute approximate surface area is 120 Å². The highest BCUT2D eigenvalue weighted by molar-refractivity contribution is 5.95. The van der Waals surface area contributed by atoms with Crippen LogP contribution in [0, 0.1) is 6.92 Å². The molecule has 1 unspecified atom stereocenters. The van der Waals surface area contributed by atoms with Crippen molar-refractivity contribution in [3.8, 4) is 0 Å². The Morgan fingerprint density at radius 3 is 2.85 bits per heavy atom. The first-order valence-electron chi connectivity index (χ1n) is 7.37. The van der Waals surface area contributed by atoms with E-state index in [1.165, 1.54) is 0 Å². The van der Waals surface area contributed by atoms with Gasteiger partial charge < -0.3 is 15.3 Å². The Hall–Kier alpha value is -1.55. The molecule has 0 saturated carbocycles. The number of nitrogens with one attached hydrogen (secondary N) is 1. The Balaban J connectivity index is 2.22. The minimum absolute atomic E-state index is 0.0331. The van der Waals surface area contributed by atoms with Gasteiger partial charge in [-0.25, -0.2) is 0 Å². The van der Waals surface area contributed by atoms with Crippen LogP contribution in [0.3, 0.4) is 0 Å². The first kappa shape index (κ1) is 14.9. The van der Waals surface area contributed by atoms with Crippen LogP contribution in [-0.4, -0.2) is 42.2 Å². The zero-order valence-electron chi connectivity index (χ0n) is 12.4. The second-order valence-electron chi connectivity index (χ2n) is 5.46. The lowest BCUT2D eigenvalue weighted by atomic mass is 10.1. The molecular weight excluding hydrogens is 252 g/mol. The molecule has 0 aromatic heterocycles. The second kappa shape index (κ2) is 6.75. The molecule has 0 spiro atoms. The maximum atomic E-state index is 12.7. The molecule has 1 aromatic rings. The molecule has 1 atom stereocenters. The zero-order chi connectivity index (χ0) is 14.5. The third kappa shape index (κ3) is 3.12. The molecule has 4 heteroatoms. The molecule has 0 radical (unpaired) electrons. The lowest BCUT2D eigenvalue weighted by Gasteiger charge is -2.29. The minimum atomic E-state index is -0.0331. The van der Waals surface area contributed by atoms with Gasteiger partial charge in [0.1, 0.15) is 0 Å². The van der Waals surface area contributed by atoms with E-state index >= 15 is 0 Å². The van der Waals surface area contributed by atoms with Crippen molar-refractivity contribution in [2.24, 2.45) is 0 Å². The van der Waals surface area contributed by atoms with Gasteiger partial charge in [-0.05, 0) is 43.5 Å². The molecule has 0 aliphatic carbocycles. The minimum Gasteiger partial charge on any atom is -0.394 e. The van der Waals surface area contributed by atoms with Crippen molar-refractivity contribution in [2.75, 3.05) is 25.5 Å². The summed E-state index contributed by atoms with van der Waals surface area (Å²) < 4.78 is 0. The van der Waals surface area contributed by atoms with Crippen molar-refractivity contribution < 1.29 is 9.90 Å². The van der Waals surface area contributed by atoms with E-state index in [2.05, 4.69) is 5.32 Å². The van der Waals surface area contributed by atoms with E-state index in [-0.39, 0.29) is 18.6 Å². The number of carbonyl (C=O) groups is 1. The lowest BCUT2D eigenvalue weighted by molar-refractivity contribution is 0.0600. The van der Waals surface area contributed by atoms with Crippen molar-refractivity contribution in [1.29, 1.82) is 0 Å². The number of hydrogen-bond donors (Lipinski definition) is 2. The summed E-state index contributed by atoms with van der Waals surface area (Å²) in [5, 5.41) is 12.6. The molecule has 1 aromatic carbocycles. The molecule has 1 amide bonds. The number of carbonyl (C=O) groups excluding carboxylic acids is 1. The van der Waals surface area contributed by atoms with Crippen LogP contribution < -0.4 is 5.32 Å². The van der Waals surface area contributed by atoms with Crippen LogP contribution >= 0.6 is 0 Å². The van der Waals surface area contributed by atoms with Gasteiger partial charge in [0, 0.05) is 24.8 Å². The fourth-order valence-corrected chi connectivity index (χ4v) is 2.88. The predicted molar refractivity (Wildman–Crippen MR) is 81.1 cm³/mol. The number of hydrogen-bond acceptors (Lipinski definition) is 3. The summed E-state index contributed by atoms with van der Waals surface area (Å²) in [5.41, 5.74) is 2.81. The average Bonchev–Trinajstić information content (AvgIpc) is 2.71. The number of amides is 1. The summed E-state index contributed by atoms with van der Waals surface area (Å²) in [6.07, 6.45) is 4.15. The van der Waals surface area contributed by atoms with Crippen LogP contribution in [0.4, 0.5) is 5.69 Å². The number of benzene rings is 1. The standard InChI is InChI=1S/C16H24N2O2/c1-12-10-13(7-8-15(12)17-2)16(20)18-9-5-3-4-6-14(18)11-19/h7-8,10,14,17,19H,3-6,9,11H2,1-2H3. The number of aryl methyl sites for hydroxylation is 1. The number of aliphatic hydroxyl groups is 1. The topological polar surface area (TPSA) is 52.6 Å². The van der Waals surface area contributed by atoms with Gasteiger partial charge in [-0.2, -0.15) is 0 Å². The van der Waals surface area contributed by atoms with Crippen LogP contribution in [0.5, 0.6) is 0 Å². The highest BCUT2D eigenvalue weighted by Crippen LogP contribution is 2.21. The van der Waals surface area contributed by atoms with E-state index in [1.807, 2.05) is 37.1 Å². The highest BCUT2D eigenvalue weighted by Gasteiger charge is 2.25. The Morgan fingerprint density at radius 1 is 1.40 bits per heavy atom. The number of likely N-dealkylation sites (tertiary alicyclic amines) is 1. The normalized spacial score (nSPS) is 19.6. The van der Waals surface area contributed by atoms with Gasteiger partial charge in [-0.15, -0.1) is 0 Å². The summed E-state index contributed by atoms with van der Waals surface area (Å²) in [4.78, 5) is 14.5. The van der Waals surface area contributed by atoms with Gasteiger partial charge in [0.15, 0.2) is 0 Å². The largest absolute Gasteiger partial charge is 0.394 e. The van der Waals surface area contributed by atoms with Crippen LogP contribution in [0.2, 0.25) is 0 Å². The second-order valence-corrected chi connectivity index (χ2v) is 5.46. The average molecular weight is 276 g/mol. The maximum Gasteiger partial charge on any atom is 0.254 e. The van der Waals surface area contributed by atoms with E-state index in [0.29, 0.717) is 5.56 Å². The Morgan fingerprint density at radius 2 is 2.20 bits per heavy atom. The Kier molecular flexibility index (Phi) is 5.01. The monoisotopic (exact) mass is 276 g/mol. The molecule has 2 N–H and O–H groups in total. The predicted octanol–water partition coefficient (Wildman–Crippen LogP) is 2.41. The van der Waals surface area contributed by atoms with E-state index in [1.54, 1.807) is 0 Å². The fraction of sp³-hybridized carbons (Fsp3) is 0.562. The Bertz CT molecular complexity index is 474. The molecule has 1 heterocycles. The van der Waals surface area contributed by atoms with Crippen molar-refractivity contribution in [3.05, 3.63) is 29.3 Å². The van der Waals surface area contributed by atoms with Gasteiger partial charge >= 0.3 is 0 Å². The van der Waals surface area contributed by atoms with Gasteiger partial charge in [0.25, 0.3) is 5.91 Å². The molecule has 20 heavy (non-hydrogen) atoms. The van der Waals surface area contributed by atoms with Gasteiger partial charge in [-0.3, -0.25) is 4.79 Å². The van der Waals surface area contributed by atoms with E-state index < -0.39 is 0 Å². The SMILES string of the molecule is CNc1ccc(C(=O)N2CCCCCC2CO)cc1C. The van der Waals surface area contributed by atoms with Crippen molar-refractivity contribution in [2.45, 2.75) is 38.6 Å². The zero-order valence-corrected chi connectivity index (χ0v) is 12.4. The van der Waals surface area contributed by atoms with Crippen molar-refractivity contribution in [3.63, 3.8) is 0 Å². The summed E-state index contributed by atoms with van der Waals surface area (Å²) in [6, 6.07) is 5.69. The molecule has 1 aliphatic heterocycles. The number of rotatable bonds is 3. The van der Waals surface area contributed by atoms with Crippen LogP contribution in [0.25, 0.3) is 0 Å². The third-order valence-corrected chi connectivity index (χ3v) is 4.09. The van der Waals surface area contributed by atoms with E-state index in [0.717, 1.165) is 43.5 Å². The quantitative estimate of drug-likeness (QED) is 0.891. The maximum absolute atomic E-state index is 12.7. The highest BCUT2D eigenvalue weighted by atomic mass is 16.3. The number of nitrogens with zero attached hydrogens (tertiary/aromatic N) is 1. The van der Waals surface area contributed by atoms with E-state index in [9.17, 15) is 9.90 Å². The van der Waals surface area contributed by atoms with Crippen LogP contribution in [0.15, 0.2) is 18.2 Å². The smallest absolute Gasteiger partial charge is 0.254 e. The molecule has 0 bridgehead atoms. The number of anilines is 1. The third-order valence-electron chi connectivity index (χ3n) is 4.09. The van der Waals surface area contributed by atoms with Crippen molar-refractivity contribution in [1.82, 2.24) is 4.90 Å². The van der Waals surface area contributed by atoms with Gasteiger partial charge in [0.2, 0.25) is 0 Å². The first-order valence-corrected chi connectivity index (χ1v) is 7.37. The summed E-state index contributed by atoms with van der Waals surface area (Å²) in [5.74, 6) is 0.0386. The van der Waals surface area contributed by atoms with E-state index in [4.69, 9.17) is 0 Å². The summed E-state index contributed by atoms with van der Waals surface area (Å²) in [7, 11) is 1.88. The van der Waals surface area contributed by atoms with Gasteiger partial charge in [0.05, 0.1) is 12.6 Å². The van der Waals surface area contributed by atoms with Crippen molar-refractivity contribution >= 4 is 11.6 Å². The van der Waals surface area contributed by atoms with Gasteiger partial charge in [-0.1, -0.05) is 12.8 Å². The molecule has 1 fully saturated rings. The molecule has 1 saturated heterocycles. The lowest BCUT2D eigenvalue weighted by Crippen LogP contribution is -2.42. The summed E-state index contributed by atoms with van der Waals surface area (Å²) >= 11 is 0. The molecule has 4 nitrogen and oxygen atoms in total. The summed E-state index contributed by atoms with van der Waals surface area (Å²) in [6.45, 7) is 2.80. The molecule has 1 aliphatic rings. The fourth-order valence-electron chi connectivity index (χ4n) is 2.88. The molecule has 2 rings (SSSR count). The molecular formula is C16H24N2O2. The number of aliphatic hydroxyl groups excluding tert-OH is 1. The van der Waals surface area contributed by atoms with Crippen LogP contribution in [-0.2, 0) is 0 Å². The molecule has 110 valence electrons.